The summed E-state index contributed by atoms with van der Waals surface area (Å²) in [5.41, 5.74) is 1.65. The molecule has 1 saturated heterocycles. The first-order valence-electron chi connectivity index (χ1n) is 10.4. The smallest absolute Gasteiger partial charge is 0.234 e. The van der Waals surface area contributed by atoms with Crippen molar-refractivity contribution in [3.63, 3.8) is 0 Å². The largest absolute Gasteiger partial charge is 0.497 e. The number of anilines is 1. The van der Waals surface area contributed by atoms with E-state index < -0.39 is 0 Å². The van der Waals surface area contributed by atoms with Crippen molar-refractivity contribution in [1.29, 1.82) is 0 Å². The molecular weight excluding hydrogens is 428 g/mol. The highest BCUT2D eigenvalue weighted by atomic mass is 32.2. The highest BCUT2D eigenvalue weighted by Gasteiger charge is 2.22. The second-order valence-electron chi connectivity index (χ2n) is 7.35. The third kappa shape index (κ3) is 5.41. The van der Waals surface area contributed by atoms with Crippen molar-refractivity contribution in [2.45, 2.75) is 30.6 Å². The van der Waals surface area contributed by atoms with E-state index in [1.807, 2.05) is 53.1 Å². The van der Waals surface area contributed by atoms with E-state index in [1.165, 1.54) is 11.8 Å². The first kappa shape index (κ1) is 22.2. The quantitative estimate of drug-likeness (QED) is 0.491. The van der Waals surface area contributed by atoms with Gasteiger partial charge in [-0.05, 0) is 61.4 Å². The Morgan fingerprint density at radius 3 is 2.41 bits per heavy atom. The number of benzene rings is 2. The van der Waals surface area contributed by atoms with Gasteiger partial charge in [-0.25, -0.2) is 0 Å². The Hall–Kier alpha value is -3.04. The molecule has 9 heteroatoms. The first-order chi connectivity index (χ1) is 15.7. The molecule has 1 aliphatic rings. The van der Waals surface area contributed by atoms with Gasteiger partial charge in [0.25, 0.3) is 0 Å². The molecule has 0 radical (unpaired) electrons. The average molecular weight is 455 g/mol. The summed E-state index contributed by atoms with van der Waals surface area (Å²) in [4.78, 5) is 12.5. The Morgan fingerprint density at radius 2 is 1.78 bits per heavy atom. The molecule has 0 spiro atoms. The molecule has 32 heavy (non-hydrogen) atoms. The van der Waals surface area contributed by atoms with Crippen molar-refractivity contribution >= 4 is 23.4 Å². The number of hydrogen-bond donors (Lipinski definition) is 1. The lowest BCUT2D eigenvalue weighted by atomic mass is 10.2. The van der Waals surface area contributed by atoms with Gasteiger partial charge in [-0.3, -0.25) is 9.36 Å². The Morgan fingerprint density at radius 1 is 1.09 bits per heavy atom. The minimum atomic E-state index is -0.113. The zero-order chi connectivity index (χ0) is 22.3. The Labute approximate surface area is 191 Å². The Bertz CT molecular complexity index is 1030. The summed E-state index contributed by atoms with van der Waals surface area (Å²) in [5, 5.41) is 12.4. The van der Waals surface area contributed by atoms with Crippen molar-refractivity contribution in [3.05, 3.63) is 48.5 Å². The molecule has 1 aliphatic heterocycles. The zero-order valence-corrected chi connectivity index (χ0v) is 18.9. The topological polar surface area (TPSA) is 87.5 Å². The number of ether oxygens (including phenoxy) is 3. The van der Waals surface area contributed by atoms with Crippen LogP contribution in [0.2, 0.25) is 0 Å². The number of carbonyl (C=O) groups excluding carboxylic acids is 1. The molecule has 4 rings (SSSR count). The van der Waals surface area contributed by atoms with E-state index >= 15 is 0 Å². The van der Waals surface area contributed by atoms with Gasteiger partial charge in [0.2, 0.25) is 5.91 Å². The van der Waals surface area contributed by atoms with Gasteiger partial charge < -0.3 is 19.5 Å². The van der Waals surface area contributed by atoms with Crippen molar-refractivity contribution in [3.8, 4) is 22.9 Å². The fourth-order valence-corrected chi connectivity index (χ4v) is 4.25. The average Bonchev–Trinajstić information content (AvgIpc) is 3.49. The van der Waals surface area contributed by atoms with Crippen LogP contribution in [-0.4, -0.2) is 53.4 Å². The number of methoxy groups -OCH3 is 2. The predicted molar refractivity (Wildman–Crippen MR) is 123 cm³/mol. The molecule has 1 fully saturated rings. The third-order valence-electron chi connectivity index (χ3n) is 5.18. The lowest BCUT2D eigenvalue weighted by Gasteiger charge is -2.15. The summed E-state index contributed by atoms with van der Waals surface area (Å²) < 4.78 is 18.3. The van der Waals surface area contributed by atoms with Gasteiger partial charge in [0.05, 0.1) is 32.6 Å². The first-order valence-corrected chi connectivity index (χ1v) is 11.4. The monoisotopic (exact) mass is 454 g/mol. The molecule has 0 saturated carbocycles. The number of thioether (sulfide) groups is 1. The Balaban J connectivity index is 1.47. The zero-order valence-electron chi connectivity index (χ0n) is 18.1. The van der Waals surface area contributed by atoms with Gasteiger partial charge in [0.1, 0.15) is 11.5 Å². The number of nitrogens with one attached hydrogen (secondary N) is 1. The summed E-state index contributed by atoms with van der Waals surface area (Å²) in [6, 6.07) is 14.9. The lowest BCUT2D eigenvalue weighted by molar-refractivity contribution is -0.113. The fourth-order valence-electron chi connectivity index (χ4n) is 3.51. The van der Waals surface area contributed by atoms with Crippen LogP contribution in [0.4, 0.5) is 5.69 Å². The van der Waals surface area contributed by atoms with Crippen LogP contribution in [0.5, 0.6) is 11.5 Å². The third-order valence-corrected chi connectivity index (χ3v) is 6.15. The van der Waals surface area contributed by atoms with Crippen LogP contribution in [0, 0.1) is 0 Å². The molecule has 2 heterocycles. The molecule has 168 valence electrons. The molecule has 1 atom stereocenters. The second kappa shape index (κ2) is 10.5. The fraction of sp³-hybridized carbons (Fsp3) is 0.348. The summed E-state index contributed by atoms with van der Waals surface area (Å²) >= 11 is 1.36. The summed E-state index contributed by atoms with van der Waals surface area (Å²) in [7, 11) is 3.25. The number of carbonyl (C=O) groups is 1. The van der Waals surface area contributed by atoms with Crippen LogP contribution in [0.3, 0.4) is 0 Å². The maximum absolute atomic E-state index is 12.5. The van der Waals surface area contributed by atoms with Crippen LogP contribution < -0.4 is 14.8 Å². The van der Waals surface area contributed by atoms with E-state index in [4.69, 9.17) is 14.2 Å². The molecule has 1 amide bonds. The summed E-state index contributed by atoms with van der Waals surface area (Å²) in [6.45, 7) is 1.42. The number of nitrogens with zero attached hydrogens (tertiary/aromatic N) is 3. The van der Waals surface area contributed by atoms with Gasteiger partial charge in [-0.2, -0.15) is 0 Å². The summed E-state index contributed by atoms with van der Waals surface area (Å²) in [6.07, 6.45) is 2.18. The van der Waals surface area contributed by atoms with Crippen LogP contribution in [0.25, 0.3) is 11.4 Å². The van der Waals surface area contributed by atoms with Crippen molar-refractivity contribution < 1.29 is 19.0 Å². The molecule has 2 aromatic carbocycles. The van der Waals surface area contributed by atoms with Crippen molar-refractivity contribution in [2.75, 3.05) is 31.9 Å². The normalized spacial score (nSPS) is 15.5. The van der Waals surface area contributed by atoms with Crippen molar-refractivity contribution in [2.24, 2.45) is 0 Å². The van der Waals surface area contributed by atoms with E-state index in [2.05, 4.69) is 15.5 Å². The van der Waals surface area contributed by atoms with Gasteiger partial charge in [-0.1, -0.05) is 11.8 Å². The van der Waals surface area contributed by atoms with Gasteiger partial charge in [-0.15, -0.1) is 10.2 Å². The van der Waals surface area contributed by atoms with Gasteiger partial charge in [0, 0.05) is 17.9 Å². The van der Waals surface area contributed by atoms with Crippen LogP contribution in [0.1, 0.15) is 12.8 Å². The summed E-state index contributed by atoms with van der Waals surface area (Å²) in [5.74, 6) is 2.38. The minimum Gasteiger partial charge on any atom is -0.497 e. The second-order valence-corrected chi connectivity index (χ2v) is 8.29. The maximum atomic E-state index is 12.5. The minimum absolute atomic E-state index is 0.113. The Kier molecular flexibility index (Phi) is 7.28. The SMILES string of the molecule is COc1ccc(NC(=O)CSc2nnc(-c3ccc(OC)cc3)n2CC2CCCO2)cc1. The van der Waals surface area contributed by atoms with E-state index in [0.717, 1.165) is 48.0 Å². The molecule has 8 nitrogen and oxygen atoms in total. The standard InChI is InChI=1S/C23H26N4O4S/c1-29-18-9-5-16(6-10-18)22-25-26-23(27(22)14-20-4-3-13-31-20)32-15-21(28)24-17-7-11-19(30-2)12-8-17/h5-12,20H,3-4,13-15H2,1-2H3,(H,24,28). The molecule has 0 bridgehead atoms. The maximum Gasteiger partial charge on any atom is 0.234 e. The van der Waals surface area contributed by atoms with Crippen LogP contribution >= 0.6 is 11.8 Å². The molecule has 1 unspecified atom stereocenters. The van der Waals surface area contributed by atoms with E-state index in [1.54, 1.807) is 14.2 Å². The van der Waals surface area contributed by atoms with Crippen molar-refractivity contribution in [1.82, 2.24) is 14.8 Å². The molecule has 1 aromatic heterocycles. The number of amides is 1. The molecule has 1 N–H and O–H groups in total. The predicted octanol–water partition coefficient (Wildman–Crippen LogP) is 3.87. The lowest BCUT2D eigenvalue weighted by Crippen LogP contribution is -2.18. The van der Waals surface area contributed by atoms with E-state index in [0.29, 0.717) is 11.7 Å². The van der Waals surface area contributed by atoms with E-state index in [-0.39, 0.29) is 17.8 Å². The van der Waals surface area contributed by atoms with Gasteiger partial charge >= 0.3 is 0 Å². The molecule has 0 aliphatic carbocycles. The van der Waals surface area contributed by atoms with Crippen LogP contribution in [0.15, 0.2) is 53.7 Å². The van der Waals surface area contributed by atoms with Gasteiger partial charge in [0.15, 0.2) is 11.0 Å². The number of rotatable bonds is 9. The number of aromatic nitrogens is 3. The van der Waals surface area contributed by atoms with E-state index in [9.17, 15) is 4.79 Å². The number of hydrogen-bond acceptors (Lipinski definition) is 7. The molecular formula is C23H26N4O4S. The highest BCUT2D eigenvalue weighted by molar-refractivity contribution is 7.99. The highest BCUT2D eigenvalue weighted by Crippen LogP contribution is 2.28. The van der Waals surface area contributed by atoms with Crippen LogP contribution in [-0.2, 0) is 16.1 Å². The molecule has 3 aromatic rings.